The maximum absolute atomic E-state index is 11.8. The molecule has 1 amide bonds. The van der Waals surface area contributed by atoms with E-state index in [1.807, 2.05) is 6.92 Å². The smallest absolute Gasteiger partial charge is 0.329 e. The van der Waals surface area contributed by atoms with Crippen molar-refractivity contribution in [1.29, 1.82) is 0 Å². The van der Waals surface area contributed by atoms with Crippen LogP contribution >= 0.6 is 0 Å². The van der Waals surface area contributed by atoms with Crippen LogP contribution in [0.1, 0.15) is 13.3 Å². The molecule has 0 aromatic carbocycles. The van der Waals surface area contributed by atoms with Crippen molar-refractivity contribution in [2.24, 2.45) is 0 Å². The summed E-state index contributed by atoms with van der Waals surface area (Å²) in [7, 11) is 3.24. The summed E-state index contributed by atoms with van der Waals surface area (Å²) in [6, 6.07) is 0. The number of carbonyl (C=O) groups is 1. The fraction of sp³-hybridized carbons (Fsp3) is 0.545. The van der Waals surface area contributed by atoms with E-state index in [0.29, 0.717) is 13.0 Å². The number of amides is 1. The molecule has 0 atom stereocenters. The van der Waals surface area contributed by atoms with E-state index in [9.17, 15) is 14.9 Å². The van der Waals surface area contributed by atoms with Crippen LogP contribution in [0, 0.1) is 10.1 Å². The molecule has 0 saturated carbocycles. The second kappa shape index (κ2) is 6.64. The fourth-order valence-corrected chi connectivity index (χ4v) is 1.58. The zero-order chi connectivity index (χ0) is 15.3. The van der Waals surface area contributed by atoms with Crippen LogP contribution < -0.4 is 10.6 Å². The van der Waals surface area contributed by atoms with Crippen LogP contribution in [-0.4, -0.2) is 52.9 Å². The minimum Gasteiger partial charge on any atom is -0.368 e. The highest BCUT2D eigenvalue weighted by molar-refractivity contribution is 5.81. The van der Waals surface area contributed by atoms with Crippen LogP contribution in [0.15, 0.2) is 6.20 Å². The molecule has 0 fully saturated rings. The number of nitrogens with two attached hydrogens (primary N) is 1. The first-order valence-electron chi connectivity index (χ1n) is 6.08. The standard InChI is InChI=1S/C11H18N6O3/c1-4-5-16(7-9(18)15(2)3)10-8(17(19)20)6-13-11(12)14-10/h6H,4-5,7H2,1-3H3,(H2,12,13,14). The largest absolute Gasteiger partial charge is 0.368 e. The van der Waals surface area contributed by atoms with Gasteiger partial charge in [-0.05, 0) is 6.42 Å². The van der Waals surface area contributed by atoms with Crippen LogP contribution in [-0.2, 0) is 4.79 Å². The minimum absolute atomic E-state index is 0.00185. The molecule has 2 N–H and O–H groups in total. The Balaban J connectivity index is 3.16. The van der Waals surface area contributed by atoms with Crippen LogP contribution in [0.3, 0.4) is 0 Å². The van der Waals surface area contributed by atoms with Crippen LogP contribution in [0.5, 0.6) is 0 Å². The Bertz CT molecular complexity index is 505. The molecule has 1 rings (SSSR count). The summed E-state index contributed by atoms with van der Waals surface area (Å²) in [5, 5.41) is 11.0. The van der Waals surface area contributed by atoms with Gasteiger partial charge in [-0.1, -0.05) is 6.92 Å². The van der Waals surface area contributed by atoms with Gasteiger partial charge in [-0.25, -0.2) is 4.98 Å². The van der Waals surface area contributed by atoms with Crippen LogP contribution in [0.4, 0.5) is 17.5 Å². The second-order valence-corrected chi connectivity index (χ2v) is 4.40. The molecule has 0 unspecified atom stereocenters. The lowest BCUT2D eigenvalue weighted by atomic mass is 10.3. The van der Waals surface area contributed by atoms with Gasteiger partial charge in [-0.3, -0.25) is 14.9 Å². The summed E-state index contributed by atoms with van der Waals surface area (Å²) in [6.45, 7) is 2.36. The molecule has 110 valence electrons. The maximum atomic E-state index is 11.8. The van der Waals surface area contributed by atoms with Gasteiger partial charge in [0.05, 0.1) is 11.5 Å². The molecule has 0 bridgehead atoms. The number of nitrogen functional groups attached to an aromatic ring is 1. The van der Waals surface area contributed by atoms with Crippen molar-refractivity contribution in [2.75, 3.05) is 37.8 Å². The first kappa shape index (κ1) is 15.6. The summed E-state index contributed by atoms with van der Waals surface area (Å²) >= 11 is 0. The number of anilines is 2. The van der Waals surface area contributed by atoms with Gasteiger partial charge in [-0.2, -0.15) is 4.98 Å². The summed E-state index contributed by atoms with van der Waals surface area (Å²) in [5.41, 5.74) is 5.22. The molecule has 0 spiro atoms. The molecular weight excluding hydrogens is 264 g/mol. The number of aromatic nitrogens is 2. The third kappa shape index (κ3) is 3.77. The summed E-state index contributed by atoms with van der Waals surface area (Å²) in [6.07, 6.45) is 1.77. The van der Waals surface area contributed by atoms with Gasteiger partial charge in [0.1, 0.15) is 6.20 Å². The highest BCUT2D eigenvalue weighted by Crippen LogP contribution is 2.25. The highest BCUT2D eigenvalue weighted by atomic mass is 16.6. The van der Waals surface area contributed by atoms with Gasteiger partial charge in [-0.15, -0.1) is 0 Å². The fourth-order valence-electron chi connectivity index (χ4n) is 1.58. The SMILES string of the molecule is CCCN(CC(=O)N(C)C)c1nc(N)ncc1[N+](=O)[O-]. The molecule has 0 aliphatic heterocycles. The van der Waals surface area contributed by atoms with Gasteiger partial charge < -0.3 is 15.5 Å². The number of hydrogen-bond donors (Lipinski definition) is 1. The van der Waals surface area contributed by atoms with E-state index in [1.54, 1.807) is 19.0 Å². The van der Waals surface area contributed by atoms with Gasteiger partial charge in [0.25, 0.3) is 0 Å². The molecule has 9 heteroatoms. The summed E-state index contributed by atoms with van der Waals surface area (Å²) in [5.74, 6) is -0.173. The lowest BCUT2D eigenvalue weighted by Gasteiger charge is -2.23. The number of carbonyl (C=O) groups excluding carboxylic acids is 1. The Hall–Kier alpha value is -2.45. The summed E-state index contributed by atoms with van der Waals surface area (Å²) in [4.78, 5) is 32.7. The van der Waals surface area contributed by atoms with E-state index in [0.717, 1.165) is 6.20 Å². The quantitative estimate of drug-likeness (QED) is 0.587. The Morgan fingerprint density at radius 1 is 1.50 bits per heavy atom. The van der Waals surface area contributed by atoms with Crippen molar-refractivity contribution >= 4 is 23.4 Å². The molecule has 0 aliphatic carbocycles. The van der Waals surface area contributed by atoms with E-state index in [4.69, 9.17) is 5.73 Å². The molecule has 0 radical (unpaired) electrons. The lowest BCUT2D eigenvalue weighted by Crippen LogP contribution is -2.38. The number of nitrogens with zero attached hydrogens (tertiary/aromatic N) is 5. The van der Waals surface area contributed by atoms with Gasteiger partial charge in [0.2, 0.25) is 17.7 Å². The first-order chi connectivity index (χ1) is 9.36. The Labute approximate surface area is 116 Å². The van der Waals surface area contributed by atoms with Gasteiger partial charge >= 0.3 is 5.69 Å². The number of likely N-dealkylation sites (N-methyl/N-ethyl adjacent to an activating group) is 1. The van der Waals surface area contributed by atoms with Crippen molar-refractivity contribution in [3.8, 4) is 0 Å². The number of hydrogen-bond acceptors (Lipinski definition) is 7. The Morgan fingerprint density at radius 2 is 2.15 bits per heavy atom. The third-order valence-corrected chi connectivity index (χ3v) is 2.58. The molecule has 1 heterocycles. The predicted octanol–water partition coefficient (Wildman–Crippen LogP) is 0.272. The zero-order valence-corrected chi connectivity index (χ0v) is 11.7. The van der Waals surface area contributed by atoms with E-state index in [1.165, 1.54) is 4.90 Å². The molecule has 1 aromatic rings. The molecule has 20 heavy (non-hydrogen) atoms. The average molecular weight is 282 g/mol. The number of nitro groups is 1. The normalized spacial score (nSPS) is 10.2. The maximum Gasteiger partial charge on any atom is 0.329 e. The van der Waals surface area contributed by atoms with E-state index < -0.39 is 4.92 Å². The number of rotatable bonds is 6. The molecule has 0 saturated heterocycles. The highest BCUT2D eigenvalue weighted by Gasteiger charge is 2.24. The third-order valence-electron chi connectivity index (χ3n) is 2.58. The van der Waals surface area contributed by atoms with Gasteiger partial charge in [0.15, 0.2) is 0 Å². The van der Waals surface area contributed by atoms with E-state index >= 15 is 0 Å². The van der Waals surface area contributed by atoms with Crippen molar-refractivity contribution in [3.63, 3.8) is 0 Å². The second-order valence-electron chi connectivity index (χ2n) is 4.40. The topological polar surface area (TPSA) is 118 Å². The lowest BCUT2D eigenvalue weighted by molar-refractivity contribution is -0.384. The van der Waals surface area contributed by atoms with Crippen molar-refractivity contribution in [3.05, 3.63) is 16.3 Å². The van der Waals surface area contributed by atoms with Crippen LogP contribution in [0.2, 0.25) is 0 Å². The van der Waals surface area contributed by atoms with Crippen molar-refractivity contribution in [2.45, 2.75) is 13.3 Å². The zero-order valence-electron chi connectivity index (χ0n) is 11.7. The molecule has 9 nitrogen and oxygen atoms in total. The predicted molar refractivity (Wildman–Crippen MR) is 74.3 cm³/mol. The van der Waals surface area contributed by atoms with Gasteiger partial charge in [0, 0.05) is 20.6 Å². The molecular formula is C11H18N6O3. The Morgan fingerprint density at radius 3 is 2.65 bits per heavy atom. The van der Waals surface area contributed by atoms with Crippen LogP contribution in [0.25, 0.3) is 0 Å². The van der Waals surface area contributed by atoms with E-state index in [-0.39, 0.29) is 29.9 Å². The average Bonchev–Trinajstić information content (AvgIpc) is 2.37. The summed E-state index contributed by atoms with van der Waals surface area (Å²) < 4.78 is 0. The minimum atomic E-state index is -0.586. The van der Waals surface area contributed by atoms with E-state index in [2.05, 4.69) is 9.97 Å². The molecule has 0 aliphatic rings. The molecule has 1 aromatic heterocycles. The Kier molecular flexibility index (Phi) is 5.18. The van der Waals surface area contributed by atoms with Crippen molar-refractivity contribution in [1.82, 2.24) is 14.9 Å². The first-order valence-corrected chi connectivity index (χ1v) is 6.08. The monoisotopic (exact) mass is 282 g/mol. The van der Waals surface area contributed by atoms with Crippen molar-refractivity contribution < 1.29 is 9.72 Å².